The lowest BCUT2D eigenvalue weighted by atomic mass is 9.86. The van der Waals surface area contributed by atoms with Crippen molar-refractivity contribution < 1.29 is 9.90 Å². The summed E-state index contributed by atoms with van der Waals surface area (Å²) in [6.45, 7) is 3.76. The summed E-state index contributed by atoms with van der Waals surface area (Å²) >= 11 is 0. The largest absolute Gasteiger partial charge is 0.508 e. The van der Waals surface area contributed by atoms with Crippen LogP contribution in [0.25, 0.3) is 0 Å². The van der Waals surface area contributed by atoms with E-state index < -0.39 is 0 Å². The van der Waals surface area contributed by atoms with Crippen molar-refractivity contribution in [3.05, 3.63) is 29.8 Å². The van der Waals surface area contributed by atoms with Gasteiger partial charge in [0.2, 0.25) is 0 Å². The minimum Gasteiger partial charge on any atom is -0.508 e. The highest BCUT2D eigenvalue weighted by Crippen LogP contribution is 2.36. The van der Waals surface area contributed by atoms with Crippen molar-refractivity contribution >= 4 is 5.91 Å². The van der Waals surface area contributed by atoms with Gasteiger partial charge in [0.1, 0.15) is 5.75 Å². The molecule has 1 amide bonds. The van der Waals surface area contributed by atoms with Gasteiger partial charge < -0.3 is 15.3 Å². The molecule has 0 aliphatic carbocycles. The molecule has 2 aliphatic heterocycles. The van der Waals surface area contributed by atoms with E-state index in [4.69, 9.17) is 0 Å². The molecule has 1 spiro atoms. The standard InChI is InChI=1S/C14H18N2O2/c17-12-3-1-2-11(8-12)13(18)16-7-5-14(10-16)4-6-15-9-14/h1-3,8,15,17H,4-7,9-10H2. The Hall–Kier alpha value is -1.55. The molecule has 0 radical (unpaired) electrons. The number of hydrogen-bond acceptors (Lipinski definition) is 3. The molecule has 1 atom stereocenters. The summed E-state index contributed by atoms with van der Waals surface area (Å²) in [6.07, 6.45) is 2.25. The van der Waals surface area contributed by atoms with E-state index in [1.165, 1.54) is 0 Å². The van der Waals surface area contributed by atoms with Crippen LogP contribution < -0.4 is 5.32 Å². The number of rotatable bonds is 1. The van der Waals surface area contributed by atoms with Crippen molar-refractivity contribution in [3.8, 4) is 5.75 Å². The summed E-state index contributed by atoms with van der Waals surface area (Å²) in [7, 11) is 0. The molecule has 2 saturated heterocycles. The molecule has 18 heavy (non-hydrogen) atoms. The fraction of sp³-hybridized carbons (Fsp3) is 0.500. The van der Waals surface area contributed by atoms with Crippen LogP contribution in [-0.4, -0.2) is 42.1 Å². The Morgan fingerprint density at radius 2 is 2.28 bits per heavy atom. The van der Waals surface area contributed by atoms with Crippen LogP contribution in [-0.2, 0) is 0 Å². The van der Waals surface area contributed by atoms with Crippen LogP contribution in [0.15, 0.2) is 24.3 Å². The molecule has 1 unspecified atom stereocenters. The molecular formula is C14H18N2O2. The minimum absolute atomic E-state index is 0.0367. The summed E-state index contributed by atoms with van der Waals surface area (Å²) in [6, 6.07) is 6.61. The van der Waals surface area contributed by atoms with Gasteiger partial charge in [-0.25, -0.2) is 0 Å². The molecule has 96 valence electrons. The maximum atomic E-state index is 12.3. The van der Waals surface area contributed by atoms with Gasteiger partial charge in [-0.05, 0) is 37.6 Å². The Morgan fingerprint density at radius 3 is 3.00 bits per heavy atom. The zero-order valence-corrected chi connectivity index (χ0v) is 10.4. The van der Waals surface area contributed by atoms with E-state index in [0.717, 1.165) is 39.0 Å². The first-order valence-corrected chi connectivity index (χ1v) is 6.48. The first kappa shape index (κ1) is 11.5. The number of hydrogen-bond donors (Lipinski definition) is 2. The topological polar surface area (TPSA) is 52.6 Å². The number of carbonyl (C=O) groups excluding carboxylic acids is 1. The molecule has 2 heterocycles. The molecule has 4 nitrogen and oxygen atoms in total. The fourth-order valence-corrected chi connectivity index (χ4v) is 3.07. The molecule has 0 aromatic heterocycles. The number of nitrogens with zero attached hydrogens (tertiary/aromatic N) is 1. The van der Waals surface area contributed by atoms with Crippen LogP contribution in [0, 0.1) is 5.41 Å². The zero-order chi connectivity index (χ0) is 12.6. The number of carbonyl (C=O) groups is 1. The predicted molar refractivity (Wildman–Crippen MR) is 68.5 cm³/mol. The first-order chi connectivity index (χ1) is 8.69. The average Bonchev–Trinajstić information content (AvgIpc) is 3.00. The zero-order valence-electron chi connectivity index (χ0n) is 10.4. The molecule has 2 N–H and O–H groups in total. The summed E-state index contributed by atoms with van der Waals surface area (Å²) in [4.78, 5) is 14.3. The van der Waals surface area contributed by atoms with E-state index >= 15 is 0 Å². The van der Waals surface area contributed by atoms with E-state index in [0.29, 0.717) is 11.0 Å². The fourth-order valence-electron chi connectivity index (χ4n) is 3.07. The van der Waals surface area contributed by atoms with Gasteiger partial charge in [-0.15, -0.1) is 0 Å². The number of phenolic OH excluding ortho intramolecular Hbond substituents is 1. The SMILES string of the molecule is O=C(c1cccc(O)c1)N1CCC2(CCNC2)C1. The second kappa shape index (κ2) is 4.28. The smallest absolute Gasteiger partial charge is 0.254 e. The molecule has 0 saturated carbocycles. The average molecular weight is 246 g/mol. The van der Waals surface area contributed by atoms with Gasteiger partial charge in [0.15, 0.2) is 0 Å². The van der Waals surface area contributed by atoms with Gasteiger partial charge >= 0.3 is 0 Å². The van der Waals surface area contributed by atoms with Crippen molar-refractivity contribution in [1.29, 1.82) is 0 Å². The third-order valence-corrected chi connectivity index (χ3v) is 4.15. The second-order valence-corrected chi connectivity index (χ2v) is 5.45. The van der Waals surface area contributed by atoms with E-state index in [-0.39, 0.29) is 11.7 Å². The van der Waals surface area contributed by atoms with Gasteiger partial charge in [0.05, 0.1) is 0 Å². The maximum absolute atomic E-state index is 12.3. The van der Waals surface area contributed by atoms with E-state index in [2.05, 4.69) is 5.32 Å². The summed E-state index contributed by atoms with van der Waals surface area (Å²) in [5.41, 5.74) is 0.880. The minimum atomic E-state index is 0.0367. The van der Waals surface area contributed by atoms with Gasteiger partial charge in [-0.1, -0.05) is 6.07 Å². The monoisotopic (exact) mass is 246 g/mol. The lowest BCUT2D eigenvalue weighted by molar-refractivity contribution is 0.0775. The molecule has 3 rings (SSSR count). The highest BCUT2D eigenvalue weighted by molar-refractivity contribution is 5.94. The lowest BCUT2D eigenvalue weighted by Gasteiger charge is -2.22. The summed E-state index contributed by atoms with van der Waals surface area (Å²) in [5.74, 6) is 0.187. The van der Waals surface area contributed by atoms with Crippen molar-refractivity contribution in [3.63, 3.8) is 0 Å². The quantitative estimate of drug-likeness (QED) is 0.783. The predicted octanol–water partition coefficient (Wildman–Crippen LogP) is 1.22. The number of likely N-dealkylation sites (tertiary alicyclic amines) is 1. The molecule has 1 aromatic carbocycles. The Labute approximate surface area is 107 Å². The van der Waals surface area contributed by atoms with E-state index in [1.807, 2.05) is 4.90 Å². The Balaban J connectivity index is 1.74. The molecule has 2 fully saturated rings. The lowest BCUT2D eigenvalue weighted by Crippen LogP contribution is -2.33. The molecule has 4 heteroatoms. The molecule has 1 aromatic rings. The van der Waals surface area contributed by atoms with Crippen LogP contribution in [0.5, 0.6) is 5.75 Å². The molecule has 0 bridgehead atoms. The van der Waals surface area contributed by atoms with E-state index in [1.54, 1.807) is 24.3 Å². The van der Waals surface area contributed by atoms with Crippen LogP contribution in [0.3, 0.4) is 0 Å². The second-order valence-electron chi connectivity index (χ2n) is 5.45. The van der Waals surface area contributed by atoms with Gasteiger partial charge in [0.25, 0.3) is 5.91 Å². The third kappa shape index (κ3) is 1.97. The number of nitrogens with one attached hydrogen (secondary N) is 1. The number of amides is 1. The third-order valence-electron chi connectivity index (χ3n) is 4.15. The Bertz CT molecular complexity index is 467. The Morgan fingerprint density at radius 1 is 1.39 bits per heavy atom. The number of aromatic hydroxyl groups is 1. The van der Waals surface area contributed by atoms with Crippen LogP contribution in [0.1, 0.15) is 23.2 Å². The van der Waals surface area contributed by atoms with Crippen LogP contribution in [0.4, 0.5) is 0 Å². The molecular weight excluding hydrogens is 228 g/mol. The first-order valence-electron chi connectivity index (χ1n) is 6.48. The van der Waals surface area contributed by atoms with Crippen molar-refractivity contribution in [1.82, 2.24) is 10.2 Å². The Kier molecular flexibility index (Phi) is 2.74. The number of phenols is 1. The van der Waals surface area contributed by atoms with Gasteiger partial charge in [-0.3, -0.25) is 4.79 Å². The van der Waals surface area contributed by atoms with Crippen molar-refractivity contribution in [2.75, 3.05) is 26.2 Å². The number of benzene rings is 1. The highest BCUT2D eigenvalue weighted by Gasteiger charge is 2.41. The highest BCUT2D eigenvalue weighted by atomic mass is 16.3. The van der Waals surface area contributed by atoms with Gasteiger partial charge in [-0.2, -0.15) is 0 Å². The van der Waals surface area contributed by atoms with Crippen molar-refractivity contribution in [2.24, 2.45) is 5.41 Å². The van der Waals surface area contributed by atoms with Gasteiger partial charge in [0, 0.05) is 30.6 Å². The molecule has 2 aliphatic rings. The van der Waals surface area contributed by atoms with Crippen LogP contribution in [0.2, 0.25) is 0 Å². The van der Waals surface area contributed by atoms with E-state index in [9.17, 15) is 9.90 Å². The summed E-state index contributed by atoms with van der Waals surface area (Å²) in [5, 5.41) is 12.8. The van der Waals surface area contributed by atoms with Crippen LogP contribution >= 0.6 is 0 Å². The maximum Gasteiger partial charge on any atom is 0.254 e. The summed E-state index contributed by atoms with van der Waals surface area (Å²) < 4.78 is 0. The van der Waals surface area contributed by atoms with Crippen molar-refractivity contribution in [2.45, 2.75) is 12.8 Å². The normalized spacial score (nSPS) is 27.0.